The monoisotopic (exact) mass is 226 g/mol. The molecule has 1 N–H and O–H groups in total. The molecule has 16 heavy (non-hydrogen) atoms. The average Bonchev–Trinajstić information content (AvgIpc) is 2.30. The van der Waals surface area contributed by atoms with E-state index in [0.717, 1.165) is 0 Å². The quantitative estimate of drug-likeness (QED) is 0.755. The molecule has 0 saturated heterocycles. The Balaban J connectivity index is 2.96. The Labute approximate surface area is 94.1 Å². The van der Waals surface area contributed by atoms with Gasteiger partial charge in [0.15, 0.2) is 0 Å². The molecule has 0 amide bonds. The first-order chi connectivity index (χ1) is 7.72. The molecule has 0 saturated carbocycles. The molecule has 0 spiro atoms. The van der Waals surface area contributed by atoms with E-state index in [1.54, 1.807) is 6.08 Å². The van der Waals surface area contributed by atoms with Gasteiger partial charge in [-0.1, -0.05) is 6.08 Å². The van der Waals surface area contributed by atoms with Crippen molar-refractivity contribution in [1.82, 2.24) is 0 Å². The molecule has 1 atom stereocenters. The zero-order valence-electron chi connectivity index (χ0n) is 9.15. The summed E-state index contributed by atoms with van der Waals surface area (Å²) in [6.45, 7) is 3.55. The van der Waals surface area contributed by atoms with Crippen LogP contribution in [0.2, 0.25) is 0 Å². The highest BCUT2D eigenvalue weighted by atomic mass is 19.1. The van der Waals surface area contributed by atoms with Crippen molar-refractivity contribution in [3.8, 4) is 5.75 Å². The van der Waals surface area contributed by atoms with Gasteiger partial charge in [0.1, 0.15) is 17.7 Å². The van der Waals surface area contributed by atoms with Crippen molar-refractivity contribution in [2.45, 2.75) is 6.10 Å². The van der Waals surface area contributed by atoms with E-state index in [4.69, 9.17) is 9.47 Å². The van der Waals surface area contributed by atoms with Crippen LogP contribution >= 0.6 is 0 Å². The zero-order chi connectivity index (χ0) is 12.0. The van der Waals surface area contributed by atoms with Crippen molar-refractivity contribution in [2.75, 3.05) is 20.3 Å². The van der Waals surface area contributed by atoms with Gasteiger partial charge in [-0.3, -0.25) is 0 Å². The highest BCUT2D eigenvalue weighted by molar-refractivity contribution is 5.35. The lowest BCUT2D eigenvalue weighted by atomic mass is 10.1. The van der Waals surface area contributed by atoms with Gasteiger partial charge in [-0.25, -0.2) is 4.39 Å². The van der Waals surface area contributed by atoms with Crippen LogP contribution in [0.4, 0.5) is 4.39 Å². The standard InChI is InChI=1S/C12H15FO3/c1-3-6-16-12(8-14)10-7-9(13)4-5-11(10)15-2/h3-5,7,12,14H,1,6,8H2,2H3. The van der Waals surface area contributed by atoms with Crippen LogP contribution in [0.15, 0.2) is 30.9 Å². The number of ether oxygens (including phenoxy) is 2. The van der Waals surface area contributed by atoms with E-state index in [1.165, 1.54) is 25.3 Å². The van der Waals surface area contributed by atoms with Gasteiger partial charge in [0.25, 0.3) is 0 Å². The third kappa shape index (κ3) is 3.05. The number of benzene rings is 1. The van der Waals surface area contributed by atoms with Crippen molar-refractivity contribution in [1.29, 1.82) is 0 Å². The molecule has 0 aliphatic carbocycles. The van der Waals surface area contributed by atoms with E-state index in [2.05, 4.69) is 6.58 Å². The second kappa shape index (κ2) is 6.25. The largest absolute Gasteiger partial charge is 0.496 e. The second-order valence-corrected chi connectivity index (χ2v) is 3.18. The van der Waals surface area contributed by atoms with Crippen molar-refractivity contribution >= 4 is 0 Å². The van der Waals surface area contributed by atoms with Crippen LogP contribution in [-0.4, -0.2) is 25.4 Å². The van der Waals surface area contributed by atoms with Crippen molar-refractivity contribution in [2.24, 2.45) is 0 Å². The summed E-state index contributed by atoms with van der Waals surface area (Å²) < 4.78 is 23.5. The van der Waals surface area contributed by atoms with Crippen LogP contribution in [0, 0.1) is 5.82 Å². The minimum atomic E-state index is -0.608. The van der Waals surface area contributed by atoms with Gasteiger partial charge in [-0.2, -0.15) is 0 Å². The van der Waals surface area contributed by atoms with Crippen LogP contribution in [0.25, 0.3) is 0 Å². The van der Waals surface area contributed by atoms with Gasteiger partial charge in [0, 0.05) is 5.56 Å². The Morgan fingerprint density at radius 2 is 2.31 bits per heavy atom. The molecule has 3 nitrogen and oxygen atoms in total. The summed E-state index contributed by atoms with van der Waals surface area (Å²) in [5.41, 5.74) is 0.492. The van der Waals surface area contributed by atoms with E-state index in [0.29, 0.717) is 11.3 Å². The Kier molecular flexibility index (Phi) is 4.95. The molecule has 1 aromatic rings. The summed E-state index contributed by atoms with van der Waals surface area (Å²) in [6, 6.07) is 4.09. The van der Waals surface area contributed by atoms with Gasteiger partial charge in [-0.05, 0) is 18.2 Å². The third-order valence-corrected chi connectivity index (χ3v) is 2.12. The molecule has 0 fully saturated rings. The van der Waals surface area contributed by atoms with Gasteiger partial charge in [-0.15, -0.1) is 6.58 Å². The summed E-state index contributed by atoms with van der Waals surface area (Å²) >= 11 is 0. The number of hydrogen-bond donors (Lipinski definition) is 1. The lowest BCUT2D eigenvalue weighted by Crippen LogP contribution is -2.10. The SMILES string of the molecule is C=CCOC(CO)c1cc(F)ccc1OC. The Morgan fingerprint density at radius 3 is 2.88 bits per heavy atom. The maximum absolute atomic E-state index is 13.1. The van der Waals surface area contributed by atoms with E-state index in [1.807, 2.05) is 0 Å². The van der Waals surface area contributed by atoms with E-state index >= 15 is 0 Å². The van der Waals surface area contributed by atoms with Crippen LogP contribution < -0.4 is 4.74 Å². The van der Waals surface area contributed by atoms with E-state index in [-0.39, 0.29) is 13.2 Å². The van der Waals surface area contributed by atoms with Crippen LogP contribution in [0.3, 0.4) is 0 Å². The lowest BCUT2D eigenvalue weighted by Gasteiger charge is -2.17. The van der Waals surface area contributed by atoms with E-state index in [9.17, 15) is 9.50 Å². The summed E-state index contributed by atoms with van der Waals surface area (Å²) in [6.07, 6.45) is 0.956. The first-order valence-corrected chi connectivity index (χ1v) is 4.89. The number of rotatable bonds is 6. The Morgan fingerprint density at radius 1 is 1.56 bits per heavy atom. The number of aliphatic hydroxyl groups excluding tert-OH is 1. The first kappa shape index (κ1) is 12.7. The molecular weight excluding hydrogens is 211 g/mol. The fourth-order valence-electron chi connectivity index (χ4n) is 1.38. The lowest BCUT2D eigenvalue weighted by molar-refractivity contribution is 0.0259. The topological polar surface area (TPSA) is 38.7 Å². The molecule has 0 bridgehead atoms. The number of methoxy groups -OCH3 is 1. The maximum atomic E-state index is 13.1. The first-order valence-electron chi connectivity index (χ1n) is 4.89. The van der Waals surface area contributed by atoms with Crippen molar-refractivity contribution < 1.29 is 19.0 Å². The smallest absolute Gasteiger partial charge is 0.124 e. The predicted molar refractivity (Wildman–Crippen MR) is 58.9 cm³/mol. The predicted octanol–water partition coefficient (Wildman–Crippen LogP) is 2.07. The number of halogens is 1. The second-order valence-electron chi connectivity index (χ2n) is 3.18. The van der Waals surface area contributed by atoms with Gasteiger partial charge in [0.05, 0.1) is 20.3 Å². The molecule has 1 aromatic carbocycles. The Bertz CT molecular complexity index is 352. The maximum Gasteiger partial charge on any atom is 0.124 e. The van der Waals surface area contributed by atoms with Gasteiger partial charge in [0.2, 0.25) is 0 Å². The van der Waals surface area contributed by atoms with Gasteiger partial charge < -0.3 is 14.6 Å². The van der Waals surface area contributed by atoms with Gasteiger partial charge >= 0.3 is 0 Å². The number of hydrogen-bond acceptors (Lipinski definition) is 3. The molecule has 0 heterocycles. The summed E-state index contributed by atoms with van der Waals surface area (Å²) in [7, 11) is 1.48. The number of aliphatic hydroxyl groups is 1. The average molecular weight is 226 g/mol. The van der Waals surface area contributed by atoms with E-state index < -0.39 is 11.9 Å². The van der Waals surface area contributed by atoms with Crippen LogP contribution in [0.1, 0.15) is 11.7 Å². The molecule has 0 aliphatic heterocycles. The minimum Gasteiger partial charge on any atom is -0.496 e. The molecule has 0 aliphatic rings. The molecule has 0 aromatic heterocycles. The molecular formula is C12H15FO3. The normalized spacial score (nSPS) is 12.2. The fraction of sp³-hybridized carbons (Fsp3) is 0.333. The minimum absolute atomic E-state index is 0.242. The molecule has 4 heteroatoms. The molecule has 88 valence electrons. The summed E-state index contributed by atoms with van der Waals surface area (Å²) in [4.78, 5) is 0. The summed E-state index contributed by atoms with van der Waals surface area (Å²) in [5, 5.41) is 9.18. The molecule has 0 radical (unpaired) electrons. The van der Waals surface area contributed by atoms with Crippen LogP contribution in [0.5, 0.6) is 5.75 Å². The zero-order valence-corrected chi connectivity index (χ0v) is 9.15. The molecule has 1 rings (SSSR count). The highest BCUT2D eigenvalue weighted by Crippen LogP contribution is 2.28. The highest BCUT2D eigenvalue weighted by Gasteiger charge is 2.16. The Hall–Kier alpha value is -1.39. The third-order valence-electron chi connectivity index (χ3n) is 2.12. The van der Waals surface area contributed by atoms with Crippen molar-refractivity contribution in [3.05, 3.63) is 42.2 Å². The van der Waals surface area contributed by atoms with Crippen molar-refractivity contribution in [3.63, 3.8) is 0 Å². The summed E-state index contributed by atoms with van der Waals surface area (Å²) in [5.74, 6) is 0.0981. The van der Waals surface area contributed by atoms with Crippen LogP contribution in [-0.2, 0) is 4.74 Å². The molecule has 1 unspecified atom stereocenters. The fourth-order valence-corrected chi connectivity index (χ4v) is 1.38.